The lowest BCUT2D eigenvalue weighted by Crippen LogP contribution is -2.37. The summed E-state index contributed by atoms with van der Waals surface area (Å²) in [7, 11) is 3.09. The van der Waals surface area contributed by atoms with Crippen LogP contribution >= 0.6 is 11.8 Å². The summed E-state index contributed by atoms with van der Waals surface area (Å²) < 4.78 is 10.8. The van der Waals surface area contributed by atoms with Crippen molar-refractivity contribution >= 4 is 23.5 Å². The first-order valence-electron chi connectivity index (χ1n) is 9.51. The average molecular weight is 428 g/mol. The first kappa shape index (κ1) is 21.8. The van der Waals surface area contributed by atoms with Crippen molar-refractivity contribution in [1.29, 1.82) is 5.26 Å². The predicted octanol–water partition coefficient (Wildman–Crippen LogP) is 2.99. The molecule has 1 aliphatic heterocycles. The maximum absolute atomic E-state index is 13.2. The van der Waals surface area contributed by atoms with Crippen LogP contribution in [0.4, 0.5) is 0 Å². The number of methoxy groups -OCH3 is 2. The number of allylic oxidation sites excluding steroid dienone is 3. The molecule has 0 unspecified atom stereocenters. The number of dihydropyridines is 1. The van der Waals surface area contributed by atoms with E-state index in [2.05, 4.69) is 11.4 Å². The Balaban J connectivity index is 2.18. The molecule has 0 saturated heterocycles. The van der Waals surface area contributed by atoms with Crippen LogP contribution in [-0.4, -0.2) is 31.7 Å². The summed E-state index contributed by atoms with van der Waals surface area (Å²) in [6, 6.07) is 7.64. The van der Waals surface area contributed by atoms with E-state index in [4.69, 9.17) is 15.2 Å². The molecule has 0 saturated carbocycles. The fourth-order valence-corrected chi connectivity index (χ4v) is 4.80. The van der Waals surface area contributed by atoms with Crippen LogP contribution in [0.1, 0.15) is 38.2 Å². The van der Waals surface area contributed by atoms with Gasteiger partial charge in [-0.3, -0.25) is 9.59 Å². The number of hydrogen-bond donors (Lipinski definition) is 2. The summed E-state index contributed by atoms with van der Waals surface area (Å²) in [5, 5.41) is 13.8. The summed E-state index contributed by atoms with van der Waals surface area (Å²) in [6.45, 7) is 4.09. The largest absolute Gasteiger partial charge is 0.493 e. The molecule has 0 fully saturated rings. The number of carbonyl (C=O) groups excluding carboxylic acids is 2. The number of ketones is 1. The lowest BCUT2D eigenvalue weighted by Gasteiger charge is -2.39. The van der Waals surface area contributed by atoms with Crippen molar-refractivity contribution < 1.29 is 19.1 Å². The number of Topliss-reactive ketones (excluding diaryl/α,β-unsaturated/α-hetero) is 1. The number of rotatable bonds is 6. The van der Waals surface area contributed by atoms with Crippen LogP contribution in [0.5, 0.6) is 11.5 Å². The van der Waals surface area contributed by atoms with Crippen molar-refractivity contribution in [2.45, 2.75) is 32.6 Å². The Kier molecular flexibility index (Phi) is 6.13. The van der Waals surface area contributed by atoms with Gasteiger partial charge in [0.15, 0.2) is 17.3 Å². The van der Waals surface area contributed by atoms with E-state index in [-0.39, 0.29) is 17.0 Å². The number of benzene rings is 1. The third kappa shape index (κ3) is 4.17. The first-order chi connectivity index (χ1) is 14.2. The number of hydrogen-bond acceptors (Lipinski definition) is 7. The Morgan fingerprint density at radius 3 is 2.60 bits per heavy atom. The Hall–Kier alpha value is -2.92. The summed E-state index contributed by atoms with van der Waals surface area (Å²) in [4.78, 5) is 24.5. The number of nitrogens with two attached hydrogens (primary N) is 1. The maximum Gasteiger partial charge on any atom is 0.227 e. The van der Waals surface area contributed by atoms with Gasteiger partial charge in [-0.05, 0) is 29.5 Å². The van der Waals surface area contributed by atoms with Crippen LogP contribution in [0.15, 0.2) is 40.1 Å². The monoisotopic (exact) mass is 427 g/mol. The van der Waals surface area contributed by atoms with E-state index < -0.39 is 11.8 Å². The Morgan fingerprint density at radius 1 is 1.30 bits per heavy atom. The Labute approximate surface area is 180 Å². The van der Waals surface area contributed by atoms with Gasteiger partial charge in [0.05, 0.1) is 42.6 Å². The minimum absolute atomic E-state index is 0.0141. The fourth-order valence-electron chi connectivity index (χ4n) is 4.00. The highest BCUT2D eigenvalue weighted by atomic mass is 32.2. The first-order valence-corrected chi connectivity index (χ1v) is 10.5. The quantitative estimate of drug-likeness (QED) is 0.717. The molecule has 1 aromatic carbocycles. The average Bonchev–Trinajstić information content (AvgIpc) is 2.69. The third-order valence-electron chi connectivity index (χ3n) is 5.23. The lowest BCUT2D eigenvalue weighted by molar-refractivity contribution is -0.118. The summed E-state index contributed by atoms with van der Waals surface area (Å²) in [5.41, 5.74) is 7.65. The highest BCUT2D eigenvalue weighted by Crippen LogP contribution is 2.48. The zero-order chi connectivity index (χ0) is 22.1. The number of nitrogens with zero attached hydrogens (tertiary/aromatic N) is 1. The van der Waals surface area contributed by atoms with E-state index in [0.717, 1.165) is 11.3 Å². The van der Waals surface area contributed by atoms with E-state index in [1.165, 1.54) is 18.9 Å². The predicted molar refractivity (Wildman–Crippen MR) is 115 cm³/mol. The molecular formula is C22H25N3O4S. The number of ether oxygens (including phenoxy) is 2. The van der Waals surface area contributed by atoms with Crippen molar-refractivity contribution in [2.24, 2.45) is 11.1 Å². The van der Waals surface area contributed by atoms with Crippen LogP contribution < -0.4 is 20.5 Å². The molecule has 0 aromatic heterocycles. The minimum Gasteiger partial charge on any atom is -0.493 e. The molecule has 3 N–H and O–H groups in total. The minimum atomic E-state index is -0.551. The smallest absolute Gasteiger partial charge is 0.227 e. The van der Waals surface area contributed by atoms with Gasteiger partial charge in [0.1, 0.15) is 0 Å². The summed E-state index contributed by atoms with van der Waals surface area (Å²) in [5.74, 6) is 0.0973. The van der Waals surface area contributed by atoms with Crippen molar-refractivity contribution in [3.05, 3.63) is 45.6 Å². The number of nitriles is 1. The van der Waals surface area contributed by atoms with E-state index in [1.54, 1.807) is 19.2 Å². The molecule has 1 heterocycles. The molecule has 0 bridgehead atoms. The number of amides is 1. The lowest BCUT2D eigenvalue weighted by atomic mass is 9.69. The van der Waals surface area contributed by atoms with E-state index in [1.807, 2.05) is 19.9 Å². The van der Waals surface area contributed by atoms with Gasteiger partial charge in [0.2, 0.25) is 5.91 Å². The van der Waals surface area contributed by atoms with Gasteiger partial charge in [-0.15, -0.1) is 0 Å². The zero-order valence-corrected chi connectivity index (χ0v) is 18.3. The van der Waals surface area contributed by atoms with E-state index >= 15 is 0 Å². The van der Waals surface area contributed by atoms with Crippen LogP contribution in [0.2, 0.25) is 0 Å². The molecule has 0 spiro atoms. The zero-order valence-electron chi connectivity index (χ0n) is 17.5. The third-order valence-corrected chi connectivity index (χ3v) is 6.27. The molecule has 1 aromatic rings. The second-order valence-electron chi connectivity index (χ2n) is 8.12. The van der Waals surface area contributed by atoms with Crippen LogP contribution in [0.3, 0.4) is 0 Å². The standard InChI is InChI=1S/C22H25N3O4S/c1-22(2)8-14-20(15(26)9-22)19(12-5-6-16(28-3)17(7-12)29-4)13(10-23)21(25-14)30-11-18(24)27/h5-7,19,25H,8-9,11H2,1-4H3,(H2,24,27)/t19-/m1/s1. The van der Waals surface area contributed by atoms with Gasteiger partial charge in [-0.2, -0.15) is 5.26 Å². The number of primary amides is 1. The van der Waals surface area contributed by atoms with Crippen LogP contribution in [0, 0.1) is 16.7 Å². The van der Waals surface area contributed by atoms with E-state index in [9.17, 15) is 14.9 Å². The molecule has 3 rings (SSSR count). The highest BCUT2D eigenvalue weighted by Gasteiger charge is 2.42. The van der Waals surface area contributed by atoms with Gasteiger partial charge in [0.25, 0.3) is 0 Å². The van der Waals surface area contributed by atoms with Gasteiger partial charge in [-0.25, -0.2) is 0 Å². The normalized spacial score (nSPS) is 20.2. The Morgan fingerprint density at radius 2 is 2.00 bits per heavy atom. The fraction of sp³-hybridized carbons (Fsp3) is 0.409. The molecule has 0 radical (unpaired) electrons. The van der Waals surface area contributed by atoms with Crippen molar-refractivity contribution in [3.8, 4) is 17.6 Å². The molecule has 2 aliphatic rings. The van der Waals surface area contributed by atoms with Gasteiger partial charge in [-0.1, -0.05) is 31.7 Å². The van der Waals surface area contributed by atoms with Crippen LogP contribution in [-0.2, 0) is 9.59 Å². The van der Waals surface area contributed by atoms with Crippen molar-refractivity contribution in [2.75, 3.05) is 20.0 Å². The second-order valence-corrected chi connectivity index (χ2v) is 9.10. The maximum atomic E-state index is 13.2. The molecule has 30 heavy (non-hydrogen) atoms. The van der Waals surface area contributed by atoms with Gasteiger partial charge in [0, 0.05) is 17.7 Å². The molecular weight excluding hydrogens is 402 g/mol. The number of carbonyl (C=O) groups is 2. The SMILES string of the molecule is COc1ccc([C@@H]2C(C#N)=C(SCC(N)=O)NC3=C2C(=O)CC(C)(C)C3)cc1OC. The molecule has 1 amide bonds. The van der Waals surface area contributed by atoms with Crippen LogP contribution in [0.25, 0.3) is 0 Å². The molecule has 8 heteroatoms. The molecule has 7 nitrogen and oxygen atoms in total. The van der Waals surface area contributed by atoms with Gasteiger partial charge >= 0.3 is 0 Å². The number of thioether (sulfide) groups is 1. The molecule has 158 valence electrons. The molecule has 1 atom stereocenters. The molecule has 1 aliphatic carbocycles. The van der Waals surface area contributed by atoms with Gasteiger partial charge < -0.3 is 20.5 Å². The summed E-state index contributed by atoms with van der Waals surface area (Å²) >= 11 is 1.18. The van der Waals surface area contributed by atoms with Crippen molar-refractivity contribution in [1.82, 2.24) is 5.32 Å². The second kappa shape index (κ2) is 8.44. The Bertz CT molecular complexity index is 1000. The number of nitrogens with one attached hydrogen (secondary N) is 1. The van der Waals surface area contributed by atoms with E-state index in [0.29, 0.717) is 40.5 Å². The summed E-state index contributed by atoms with van der Waals surface area (Å²) in [6.07, 6.45) is 1.07. The highest BCUT2D eigenvalue weighted by molar-refractivity contribution is 8.03. The topological polar surface area (TPSA) is 114 Å². The van der Waals surface area contributed by atoms with Crippen molar-refractivity contribution in [3.63, 3.8) is 0 Å².